The summed E-state index contributed by atoms with van der Waals surface area (Å²) in [6.07, 6.45) is 3.87. The second-order valence-electron chi connectivity index (χ2n) is 5.84. The summed E-state index contributed by atoms with van der Waals surface area (Å²) in [4.78, 5) is 2.41. The van der Waals surface area contributed by atoms with Gasteiger partial charge < -0.3 is 20.1 Å². The lowest BCUT2D eigenvalue weighted by molar-refractivity contribution is 0.211. The van der Waals surface area contributed by atoms with Gasteiger partial charge >= 0.3 is 0 Å². The molecule has 0 saturated carbocycles. The minimum Gasteiger partial charge on any atom is -0.503 e. The van der Waals surface area contributed by atoms with E-state index in [1.807, 2.05) is 12.1 Å². The normalized spacial score (nSPS) is 17.1. The second kappa shape index (κ2) is 8.01. The second-order valence-corrected chi connectivity index (χ2v) is 6.69. The zero-order valence-electron chi connectivity index (χ0n) is 12.9. The van der Waals surface area contributed by atoms with Gasteiger partial charge in [0, 0.05) is 6.54 Å². The summed E-state index contributed by atoms with van der Waals surface area (Å²) in [5.41, 5.74) is 1.11. The Bertz CT molecular complexity index is 460. The molecule has 0 aromatic heterocycles. The van der Waals surface area contributed by atoms with Crippen molar-refractivity contribution in [1.82, 2.24) is 10.2 Å². The van der Waals surface area contributed by atoms with Crippen LogP contribution >= 0.6 is 15.9 Å². The molecule has 1 fully saturated rings. The van der Waals surface area contributed by atoms with E-state index in [-0.39, 0.29) is 5.75 Å². The first kappa shape index (κ1) is 16.6. The number of aromatic hydroxyl groups is 1. The van der Waals surface area contributed by atoms with Crippen molar-refractivity contribution in [2.24, 2.45) is 5.92 Å². The molecule has 0 spiro atoms. The summed E-state index contributed by atoms with van der Waals surface area (Å²) in [7, 11) is 3.77. The summed E-state index contributed by atoms with van der Waals surface area (Å²) >= 11 is 3.35. The van der Waals surface area contributed by atoms with Crippen LogP contribution in [0.4, 0.5) is 0 Å². The molecule has 5 heteroatoms. The van der Waals surface area contributed by atoms with Gasteiger partial charge in [-0.3, -0.25) is 0 Å². The van der Waals surface area contributed by atoms with Gasteiger partial charge in [0.05, 0.1) is 11.6 Å². The van der Waals surface area contributed by atoms with Crippen LogP contribution in [0.25, 0.3) is 0 Å². The van der Waals surface area contributed by atoms with Crippen molar-refractivity contribution >= 4 is 15.9 Å². The van der Waals surface area contributed by atoms with E-state index in [9.17, 15) is 5.11 Å². The minimum atomic E-state index is 0.160. The van der Waals surface area contributed by atoms with Gasteiger partial charge in [-0.15, -0.1) is 0 Å². The van der Waals surface area contributed by atoms with Crippen molar-refractivity contribution in [1.29, 1.82) is 0 Å². The highest BCUT2D eigenvalue weighted by molar-refractivity contribution is 9.10. The van der Waals surface area contributed by atoms with Crippen LogP contribution < -0.4 is 10.1 Å². The fraction of sp³-hybridized carbons (Fsp3) is 0.625. The van der Waals surface area contributed by atoms with Gasteiger partial charge in [-0.2, -0.15) is 0 Å². The molecule has 4 nitrogen and oxygen atoms in total. The van der Waals surface area contributed by atoms with Crippen molar-refractivity contribution in [3.8, 4) is 11.5 Å². The number of rotatable bonds is 6. The Morgan fingerprint density at radius 1 is 1.38 bits per heavy atom. The van der Waals surface area contributed by atoms with Crippen molar-refractivity contribution < 1.29 is 9.84 Å². The maximum atomic E-state index is 9.79. The molecular formula is C16H25BrN2O2. The molecule has 0 unspecified atom stereocenters. The van der Waals surface area contributed by atoms with Crippen molar-refractivity contribution in [2.75, 3.05) is 33.8 Å². The zero-order valence-corrected chi connectivity index (χ0v) is 14.4. The van der Waals surface area contributed by atoms with E-state index < -0.39 is 0 Å². The van der Waals surface area contributed by atoms with Gasteiger partial charge in [0.1, 0.15) is 0 Å². The predicted octanol–water partition coefficient (Wildman–Crippen LogP) is 2.98. The first-order valence-corrected chi connectivity index (χ1v) is 8.34. The smallest absolute Gasteiger partial charge is 0.172 e. The van der Waals surface area contributed by atoms with E-state index >= 15 is 0 Å². The fourth-order valence-corrected chi connectivity index (χ4v) is 3.26. The van der Waals surface area contributed by atoms with E-state index in [1.54, 1.807) is 7.11 Å². The van der Waals surface area contributed by atoms with E-state index in [0.717, 1.165) is 24.6 Å². The van der Waals surface area contributed by atoms with Gasteiger partial charge in [-0.1, -0.05) is 0 Å². The maximum Gasteiger partial charge on any atom is 0.172 e. The first-order valence-electron chi connectivity index (χ1n) is 7.54. The summed E-state index contributed by atoms with van der Waals surface area (Å²) < 4.78 is 5.84. The number of ether oxygens (including phenoxy) is 1. The number of phenols is 1. The summed E-state index contributed by atoms with van der Waals surface area (Å²) in [5, 5.41) is 13.3. The SMILES string of the molecule is COc1cc(CNCCC2CCN(C)CC2)cc(Br)c1O. The lowest BCUT2D eigenvalue weighted by Crippen LogP contribution is -2.31. The first-order chi connectivity index (χ1) is 10.1. The Morgan fingerprint density at radius 3 is 2.76 bits per heavy atom. The summed E-state index contributed by atoms with van der Waals surface area (Å²) in [6, 6.07) is 3.81. The van der Waals surface area contributed by atoms with Crippen molar-refractivity contribution in [2.45, 2.75) is 25.8 Å². The Kier molecular flexibility index (Phi) is 6.33. The Balaban J connectivity index is 1.75. The molecule has 2 rings (SSSR count). The van der Waals surface area contributed by atoms with Gasteiger partial charge in [-0.25, -0.2) is 0 Å². The molecular weight excluding hydrogens is 332 g/mol. The number of likely N-dealkylation sites (tertiary alicyclic amines) is 1. The number of methoxy groups -OCH3 is 1. The van der Waals surface area contributed by atoms with Crippen LogP contribution in [0.5, 0.6) is 11.5 Å². The van der Waals surface area contributed by atoms with Gasteiger partial charge in [-0.05, 0) is 85.5 Å². The lowest BCUT2D eigenvalue weighted by Gasteiger charge is -2.28. The molecule has 1 aliphatic heterocycles. The molecule has 118 valence electrons. The molecule has 0 aliphatic carbocycles. The third-order valence-electron chi connectivity index (χ3n) is 4.20. The predicted molar refractivity (Wildman–Crippen MR) is 88.9 cm³/mol. The van der Waals surface area contributed by atoms with Crippen LogP contribution in [0, 0.1) is 5.92 Å². The largest absolute Gasteiger partial charge is 0.503 e. The van der Waals surface area contributed by atoms with E-state index in [2.05, 4.69) is 33.2 Å². The third kappa shape index (κ3) is 4.87. The highest BCUT2D eigenvalue weighted by atomic mass is 79.9. The van der Waals surface area contributed by atoms with Gasteiger partial charge in [0.25, 0.3) is 0 Å². The van der Waals surface area contributed by atoms with Crippen LogP contribution in [0.15, 0.2) is 16.6 Å². The number of benzene rings is 1. The third-order valence-corrected chi connectivity index (χ3v) is 4.81. The number of halogens is 1. The highest BCUT2D eigenvalue weighted by Gasteiger charge is 2.16. The molecule has 0 amide bonds. The molecule has 0 bridgehead atoms. The van der Waals surface area contributed by atoms with Gasteiger partial charge in [0.2, 0.25) is 0 Å². The van der Waals surface area contributed by atoms with Crippen molar-refractivity contribution in [3.05, 3.63) is 22.2 Å². The van der Waals surface area contributed by atoms with Crippen LogP contribution in [-0.4, -0.2) is 43.8 Å². The van der Waals surface area contributed by atoms with Gasteiger partial charge in [0.15, 0.2) is 11.5 Å². The molecule has 0 radical (unpaired) electrons. The topological polar surface area (TPSA) is 44.7 Å². The van der Waals surface area contributed by atoms with E-state index in [1.165, 1.54) is 32.4 Å². The quantitative estimate of drug-likeness (QED) is 0.769. The molecule has 1 saturated heterocycles. The number of hydrogen-bond acceptors (Lipinski definition) is 4. The Labute approximate surface area is 135 Å². The molecule has 1 heterocycles. The highest BCUT2D eigenvalue weighted by Crippen LogP contribution is 2.35. The van der Waals surface area contributed by atoms with Crippen LogP contribution in [0.3, 0.4) is 0 Å². The summed E-state index contributed by atoms with van der Waals surface area (Å²) in [6.45, 7) is 4.29. The molecule has 1 aliphatic rings. The maximum absolute atomic E-state index is 9.79. The number of hydrogen-bond donors (Lipinski definition) is 2. The minimum absolute atomic E-state index is 0.160. The summed E-state index contributed by atoms with van der Waals surface area (Å²) in [5.74, 6) is 1.53. The van der Waals surface area contributed by atoms with E-state index in [4.69, 9.17) is 4.74 Å². The zero-order chi connectivity index (χ0) is 15.2. The molecule has 2 N–H and O–H groups in total. The van der Waals surface area contributed by atoms with Crippen molar-refractivity contribution in [3.63, 3.8) is 0 Å². The number of nitrogens with zero attached hydrogens (tertiary/aromatic N) is 1. The average Bonchev–Trinajstić information content (AvgIpc) is 2.48. The number of nitrogens with one attached hydrogen (secondary N) is 1. The number of piperidine rings is 1. The van der Waals surface area contributed by atoms with E-state index in [0.29, 0.717) is 10.2 Å². The molecule has 21 heavy (non-hydrogen) atoms. The molecule has 0 atom stereocenters. The fourth-order valence-electron chi connectivity index (χ4n) is 2.77. The Hall–Kier alpha value is -0.780. The molecule has 1 aromatic carbocycles. The monoisotopic (exact) mass is 356 g/mol. The standard InChI is InChI=1S/C16H25BrN2O2/c1-19-7-4-12(5-8-19)3-6-18-11-13-9-14(17)16(20)15(10-13)21-2/h9-10,12,18,20H,3-8,11H2,1-2H3. The molecule has 1 aromatic rings. The lowest BCUT2D eigenvalue weighted by atomic mass is 9.94. The Morgan fingerprint density at radius 2 is 2.10 bits per heavy atom. The average molecular weight is 357 g/mol. The number of phenolic OH excluding ortho intramolecular Hbond substituents is 1. The van der Waals surface area contributed by atoms with Crippen LogP contribution in [0.1, 0.15) is 24.8 Å². The van der Waals surface area contributed by atoms with Crippen LogP contribution in [-0.2, 0) is 6.54 Å². The van der Waals surface area contributed by atoms with Crippen LogP contribution in [0.2, 0.25) is 0 Å².